The van der Waals surface area contributed by atoms with Gasteiger partial charge in [0.1, 0.15) is 0 Å². The quantitative estimate of drug-likeness (QED) is 0.853. The van der Waals surface area contributed by atoms with E-state index in [0.717, 1.165) is 0 Å². The molecule has 0 fully saturated rings. The van der Waals surface area contributed by atoms with Gasteiger partial charge in [-0.1, -0.05) is 6.07 Å². The molecule has 0 aliphatic carbocycles. The predicted molar refractivity (Wildman–Crippen MR) is 65.0 cm³/mol. The summed E-state index contributed by atoms with van der Waals surface area (Å²) in [6.07, 6.45) is 0.450. The lowest BCUT2D eigenvalue weighted by atomic mass is 10.1. The molecule has 1 aromatic rings. The van der Waals surface area contributed by atoms with E-state index in [1.165, 1.54) is 11.0 Å². The lowest BCUT2D eigenvalue weighted by Gasteiger charge is -2.16. The zero-order valence-electron chi connectivity index (χ0n) is 10.1. The maximum atomic E-state index is 12.0. The molecule has 1 N–H and O–H groups in total. The summed E-state index contributed by atoms with van der Waals surface area (Å²) in [5.41, 5.74) is 0.867. The Kier molecular flexibility index (Phi) is 4.88. The molecule has 0 saturated carbocycles. The van der Waals surface area contributed by atoms with Crippen molar-refractivity contribution in [3.05, 3.63) is 35.4 Å². The highest BCUT2D eigenvalue weighted by atomic mass is 16.4. The van der Waals surface area contributed by atoms with E-state index >= 15 is 0 Å². The molecule has 0 atom stereocenters. The topological polar surface area (TPSA) is 81.4 Å². The van der Waals surface area contributed by atoms with Gasteiger partial charge in [-0.15, -0.1) is 0 Å². The largest absolute Gasteiger partial charge is 0.481 e. The normalized spacial score (nSPS) is 9.56. The van der Waals surface area contributed by atoms with Gasteiger partial charge < -0.3 is 10.0 Å². The molecule has 0 spiro atoms. The van der Waals surface area contributed by atoms with Gasteiger partial charge in [0.15, 0.2) is 0 Å². The monoisotopic (exact) mass is 246 g/mol. The fourth-order valence-corrected chi connectivity index (χ4v) is 1.51. The van der Waals surface area contributed by atoms with Gasteiger partial charge in [-0.05, 0) is 24.6 Å². The summed E-state index contributed by atoms with van der Waals surface area (Å²) >= 11 is 0. The fourth-order valence-electron chi connectivity index (χ4n) is 1.51. The molecule has 5 heteroatoms. The standard InChI is InChI=1S/C13H14N2O3/c1-15(7-3-6-12(16)17)13(18)11-5-2-4-10(8-11)9-14/h2,4-5,8H,3,6-7H2,1H3,(H,16,17). The van der Waals surface area contributed by atoms with E-state index in [1.807, 2.05) is 6.07 Å². The average molecular weight is 246 g/mol. The highest BCUT2D eigenvalue weighted by Gasteiger charge is 2.12. The highest BCUT2D eigenvalue weighted by molar-refractivity contribution is 5.94. The first kappa shape index (κ1) is 13.7. The number of amides is 1. The predicted octanol–water partition coefficient (Wildman–Crippen LogP) is 1.50. The Balaban J connectivity index is 2.63. The van der Waals surface area contributed by atoms with Gasteiger partial charge in [0.05, 0.1) is 11.6 Å². The Morgan fingerprint density at radius 1 is 1.44 bits per heavy atom. The summed E-state index contributed by atoms with van der Waals surface area (Å²) in [5, 5.41) is 17.3. The molecule has 0 aliphatic rings. The number of nitriles is 1. The van der Waals surface area contributed by atoms with Crippen LogP contribution in [0.4, 0.5) is 0 Å². The fraction of sp³-hybridized carbons (Fsp3) is 0.308. The zero-order valence-corrected chi connectivity index (χ0v) is 10.1. The van der Waals surface area contributed by atoms with E-state index in [0.29, 0.717) is 24.1 Å². The van der Waals surface area contributed by atoms with E-state index in [-0.39, 0.29) is 12.3 Å². The smallest absolute Gasteiger partial charge is 0.303 e. The zero-order chi connectivity index (χ0) is 13.5. The van der Waals surface area contributed by atoms with Gasteiger partial charge in [-0.2, -0.15) is 5.26 Å². The van der Waals surface area contributed by atoms with Gasteiger partial charge in [0, 0.05) is 25.6 Å². The average Bonchev–Trinajstić information content (AvgIpc) is 2.37. The maximum absolute atomic E-state index is 12.0. The van der Waals surface area contributed by atoms with Crippen molar-refractivity contribution >= 4 is 11.9 Å². The van der Waals surface area contributed by atoms with Crippen molar-refractivity contribution in [3.63, 3.8) is 0 Å². The van der Waals surface area contributed by atoms with Crippen LogP contribution in [-0.4, -0.2) is 35.5 Å². The van der Waals surface area contributed by atoms with Crippen LogP contribution in [0.15, 0.2) is 24.3 Å². The van der Waals surface area contributed by atoms with Gasteiger partial charge >= 0.3 is 5.97 Å². The van der Waals surface area contributed by atoms with E-state index < -0.39 is 5.97 Å². The number of rotatable bonds is 5. The third kappa shape index (κ3) is 3.91. The lowest BCUT2D eigenvalue weighted by Crippen LogP contribution is -2.28. The summed E-state index contributed by atoms with van der Waals surface area (Å²) in [7, 11) is 1.61. The number of carbonyl (C=O) groups excluding carboxylic acids is 1. The first-order valence-corrected chi connectivity index (χ1v) is 5.52. The Morgan fingerprint density at radius 3 is 2.78 bits per heavy atom. The molecule has 0 unspecified atom stereocenters. The van der Waals surface area contributed by atoms with E-state index in [1.54, 1.807) is 25.2 Å². The van der Waals surface area contributed by atoms with Crippen molar-refractivity contribution in [2.45, 2.75) is 12.8 Å². The molecular formula is C13H14N2O3. The minimum Gasteiger partial charge on any atom is -0.481 e. The Labute approximate surface area is 105 Å². The van der Waals surface area contributed by atoms with Crippen molar-refractivity contribution in [3.8, 4) is 6.07 Å². The highest BCUT2D eigenvalue weighted by Crippen LogP contribution is 2.07. The Hall–Kier alpha value is -2.35. The summed E-state index contributed by atoms with van der Waals surface area (Å²) in [5.74, 6) is -1.08. The number of hydrogen-bond acceptors (Lipinski definition) is 3. The number of carboxylic acid groups (broad SMARTS) is 1. The van der Waals surface area contributed by atoms with Crippen molar-refractivity contribution in [2.24, 2.45) is 0 Å². The molecule has 18 heavy (non-hydrogen) atoms. The number of benzene rings is 1. The SMILES string of the molecule is CN(CCCC(=O)O)C(=O)c1cccc(C#N)c1. The second kappa shape index (κ2) is 6.40. The molecule has 0 radical (unpaired) electrons. The van der Waals surface area contributed by atoms with Crippen LogP contribution in [0.2, 0.25) is 0 Å². The molecular weight excluding hydrogens is 232 g/mol. The number of carboxylic acids is 1. The minimum absolute atomic E-state index is 0.0376. The van der Waals surface area contributed by atoms with Crippen LogP contribution in [0.3, 0.4) is 0 Å². The van der Waals surface area contributed by atoms with Crippen LogP contribution in [0.1, 0.15) is 28.8 Å². The van der Waals surface area contributed by atoms with Gasteiger partial charge in [-0.3, -0.25) is 9.59 Å². The lowest BCUT2D eigenvalue weighted by molar-refractivity contribution is -0.137. The minimum atomic E-state index is -0.873. The molecule has 1 amide bonds. The number of aliphatic carboxylic acids is 1. The van der Waals surface area contributed by atoms with Crippen molar-refractivity contribution in [2.75, 3.05) is 13.6 Å². The summed E-state index contributed by atoms with van der Waals surface area (Å²) in [6.45, 7) is 0.377. The molecule has 0 heterocycles. The molecule has 0 aliphatic heterocycles. The molecule has 5 nitrogen and oxygen atoms in total. The number of carbonyl (C=O) groups is 2. The molecule has 1 rings (SSSR count). The molecule has 0 saturated heterocycles. The second-order valence-corrected chi connectivity index (χ2v) is 3.92. The maximum Gasteiger partial charge on any atom is 0.303 e. The number of hydrogen-bond donors (Lipinski definition) is 1. The van der Waals surface area contributed by atoms with E-state index in [4.69, 9.17) is 10.4 Å². The molecule has 94 valence electrons. The Morgan fingerprint density at radius 2 is 2.17 bits per heavy atom. The summed E-state index contributed by atoms with van der Waals surface area (Å²) in [4.78, 5) is 23.8. The van der Waals surface area contributed by atoms with E-state index in [9.17, 15) is 9.59 Å². The molecule has 0 bridgehead atoms. The van der Waals surface area contributed by atoms with Gasteiger partial charge in [0.2, 0.25) is 0 Å². The van der Waals surface area contributed by atoms with Crippen LogP contribution in [0.5, 0.6) is 0 Å². The first-order valence-electron chi connectivity index (χ1n) is 5.52. The van der Waals surface area contributed by atoms with E-state index in [2.05, 4.69) is 0 Å². The third-order valence-corrected chi connectivity index (χ3v) is 2.47. The van der Waals surface area contributed by atoms with Crippen LogP contribution >= 0.6 is 0 Å². The molecule has 1 aromatic carbocycles. The van der Waals surface area contributed by atoms with Crippen LogP contribution < -0.4 is 0 Å². The second-order valence-electron chi connectivity index (χ2n) is 3.92. The number of nitrogens with zero attached hydrogens (tertiary/aromatic N) is 2. The third-order valence-electron chi connectivity index (χ3n) is 2.47. The van der Waals surface area contributed by atoms with Gasteiger partial charge in [0.25, 0.3) is 5.91 Å². The summed E-state index contributed by atoms with van der Waals surface area (Å²) < 4.78 is 0. The van der Waals surface area contributed by atoms with Crippen molar-refractivity contribution in [1.29, 1.82) is 5.26 Å². The van der Waals surface area contributed by atoms with Crippen molar-refractivity contribution < 1.29 is 14.7 Å². The van der Waals surface area contributed by atoms with Gasteiger partial charge in [-0.25, -0.2) is 0 Å². The van der Waals surface area contributed by atoms with Crippen LogP contribution in [0, 0.1) is 11.3 Å². The molecule has 0 aromatic heterocycles. The first-order chi connectivity index (χ1) is 8.54. The van der Waals surface area contributed by atoms with Crippen molar-refractivity contribution in [1.82, 2.24) is 4.90 Å². The summed E-state index contributed by atoms with van der Waals surface area (Å²) in [6, 6.07) is 8.41. The van der Waals surface area contributed by atoms with Crippen LogP contribution in [-0.2, 0) is 4.79 Å². The Bertz CT molecular complexity index is 491. The van der Waals surface area contributed by atoms with Crippen LogP contribution in [0.25, 0.3) is 0 Å².